The fourth-order valence-electron chi connectivity index (χ4n) is 1.55. The molecule has 0 aromatic carbocycles. The van der Waals surface area contributed by atoms with Gasteiger partial charge in [-0.2, -0.15) is 0 Å². The molecule has 2 rings (SSSR count). The molecule has 1 aliphatic rings. The number of pyridine rings is 1. The number of morpholine rings is 1. The fraction of sp³-hybridized carbons (Fsp3) is 0.444. The molecule has 0 bridgehead atoms. The number of nitro groups is 1. The molecule has 16 heavy (non-hydrogen) atoms. The maximum atomic E-state index is 10.6. The molecule has 6 nitrogen and oxygen atoms in total. The summed E-state index contributed by atoms with van der Waals surface area (Å²) in [7, 11) is 0. The predicted molar refractivity (Wildman–Crippen MR) is 66.6 cm³/mol. The van der Waals surface area contributed by atoms with Crippen molar-refractivity contribution in [3.05, 3.63) is 25.9 Å². The molecular weight excluding hydrogens is 325 g/mol. The van der Waals surface area contributed by atoms with Crippen LogP contribution >= 0.6 is 22.6 Å². The van der Waals surface area contributed by atoms with E-state index in [1.807, 2.05) is 22.6 Å². The zero-order chi connectivity index (χ0) is 11.5. The van der Waals surface area contributed by atoms with Crippen LogP contribution in [-0.4, -0.2) is 36.2 Å². The first-order chi connectivity index (χ1) is 7.68. The molecule has 1 fully saturated rings. The monoisotopic (exact) mass is 335 g/mol. The van der Waals surface area contributed by atoms with Crippen molar-refractivity contribution >= 4 is 34.1 Å². The van der Waals surface area contributed by atoms with Crippen molar-refractivity contribution in [3.63, 3.8) is 0 Å². The van der Waals surface area contributed by atoms with Crippen LogP contribution in [0.3, 0.4) is 0 Å². The first kappa shape index (κ1) is 11.5. The van der Waals surface area contributed by atoms with E-state index < -0.39 is 4.92 Å². The van der Waals surface area contributed by atoms with Gasteiger partial charge in [-0.15, -0.1) is 0 Å². The van der Waals surface area contributed by atoms with Crippen LogP contribution < -0.4 is 4.90 Å². The highest BCUT2D eigenvalue weighted by atomic mass is 127. The third kappa shape index (κ3) is 2.40. The molecule has 2 heterocycles. The normalized spacial score (nSPS) is 16.2. The van der Waals surface area contributed by atoms with Crippen LogP contribution in [0.5, 0.6) is 0 Å². The number of ether oxygens (including phenoxy) is 1. The smallest absolute Gasteiger partial charge is 0.377 e. The van der Waals surface area contributed by atoms with E-state index in [4.69, 9.17) is 4.74 Å². The van der Waals surface area contributed by atoms with Gasteiger partial charge in [-0.05, 0) is 38.6 Å². The van der Waals surface area contributed by atoms with Gasteiger partial charge in [0.25, 0.3) is 0 Å². The molecule has 0 spiro atoms. The summed E-state index contributed by atoms with van der Waals surface area (Å²) in [6, 6.07) is 1.79. The number of hydrogen-bond acceptors (Lipinski definition) is 5. The van der Waals surface area contributed by atoms with Gasteiger partial charge in [0, 0.05) is 13.1 Å². The van der Waals surface area contributed by atoms with Gasteiger partial charge in [-0.25, -0.2) is 0 Å². The summed E-state index contributed by atoms with van der Waals surface area (Å²) < 4.78 is 5.80. The van der Waals surface area contributed by atoms with Crippen molar-refractivity contribution < 1.29 is 9.66 Å². The zero-order valence-electron chi connectivity index (χ0n) is 8.43. The minimum Gasteiger partial charge on any atom is -0.378 e. The number of aromatic nitrogens is 1. The Morgan fingerprint density at radius 3 is 2.75 bits per heavy atom. The van der Waals surface area contributed by atoms with Crippen LogP contribution in [0.2, 0.25) is 0 Å². The fourth-order valence-corrected chi connectivity index (χ4v) is 2.20. The second kappa shape index (κ2) is 4.91. The predicted octanol–water partition coefficient (Wildman–Crippen LogP) is 1.43. The molecule has 1 aromatic rings. The third-order valence-electron chi connectivity index (χ3n) is 2.36. The molecule has 0 unspecified atom stereocenters. The van der Waals surface area contributed by atoms with Gasteiger partial charge >= 0.3 is 5.82 Å². The molecule has 0 saturated carbocycles. The number of hydrogen-bond donors (Lipinski definition) is 0. The van der Waals surface area contributed by atoms with Gasteiger partial charge in [0.15, 0.2) is 6.20 Å². The molecule has 7 heteroatoms. The van der Waals surface area contributed by atoms with E-state index in [1.165, 1.54) is 0 Å². The third-order valence-corrected chi connectivity index (χ3v) is 3.15. The van der Waals surface area contributed by atoms with E-state index in [0.29, 0.717) is 16.8 Å². The van der Waals surface area contributed by atoms with Crippen molar-refractivity contribution in [2.45, 2.75) is 0 Å². The summed E-state index contributed by atoms with van der Waals surface area (Å²) in [5.41, 5.74) is 0.915. The molecule has 0 aliphatic carbocycles. The van der Waals surface area contributed by atoms with Crippen LogP contribution in [-0.2, 0) is 4.74 Å². The minimum absolute atomic E-state index is 0.0855. The molecule has 0 N–H and O–H groups in total. The van der Waals surface area contributed by atoms with Crippen LogP contribution in [0.15, 0.2) is 12.3 Å². The van der Waals surface area contributed by atoms with Gasteiger partial charge in [-0.3, -0.25) is 0 Å². The number of halogens is 1. The first-order valence-corrected chi connectivity index (χ1v) is 5.89. The number of rotatable bonds is 2. The van der Waals surface area contributed by atoms with E-state index in [0.717, 1.165) is 18.8 Å². The molecule has 1 saturated heterocycles. The minimum atomic E-state index is -0.467. The number of nitrogens with zero attached hydrogens (tertiary/aromatic N) is 3. The van der Waals surface area contributed by atoms with Crippen LogP contribution in [0.4, 0.5) is 11.5 Å². The quantitative estimate of drug-likeness (QED) is 0.465. The lowest BCUT2D eigenvalue weighted by Crippen LogP contribution is -2.36. The maximum Gasteiger partial charge on any atom is 0.377 e. The van der Waals surface area contributed by atoms with Crippen molar-refractivity contribution in [1.29, 1.82) is 0 Å². The standard InChI is InChI=1S/C9H10IN3O3/c10-8-5-7(6-11-9(8)13(14)15)12-1-3-16-4-2-12/h5-6H,1-4H2. The topological polar surface area (TPSA) is 68.5 Å². The van der Waals surface area contributed by atoms with Crippen LogP contribution in [0.1, 0.15) is 0 Å². The van der Waals surface area contributed by atoms with Gasteiger partial charge in [0.2, 0.25) is 0 Å². The molecule has 0 amide bonds. The highest BCUT2D eigenvalue weighted by Gasteiger charge is 2.18. The summed E-state index contributed by atoms with van der Waals surface area (Å²) >= 11 is 1.94. The molecule has 1 aromatic heterocycles. The Hall–Kier alpha value is -0.960. The molecule has 0 radical (unpaired) electrons. The lowest BCUT2D eigenvalue weighted by molar-refractivity contribution is -0.390. The average Bonchev–Trinajstić information content (AvgIpc) is 2.29. The second-order valence-corrected chi connectivity index (χ2v) is 4.52. The van der Waals surface area contributed by atoms with E-state index in [9.17, 15) is 10.1 Å². The van der Waals surface area contributed by atoms with E-state index >= 15 is 0 Å². The maximum absolute atomic E-state index is 10.6. The molecule has 86 valence electrons. The lowest BCUT2D eigenvalue weighted by atomic mass is 10.3. The van der Waals surface area contributed by atoms with Gasteiger partial charge in [0.1, 0.15) is 3.57 Å². The Kier molecular flexibility index (Phi) is 3.54. The van der Waals surface area contributed by atoms with Crippen LogP contribution in [0.25, 0.3) is 0 Å². The molecule has 1 aliphatic heterocycles. The summed E-state index contributed by atoms with van der Waals surface area (Å²) in [6.45, 7) is 2.98. The van der Waals surface area contributed by atoms with Crippen molar-refractivity contribution in [2.75, 3.05) is 31.2 Å². The van der Waals surface area contributed by atoms with Gasteiger partial charge in [-0.1, -0.05) is 0 Å². The molecule has 0 atom stereocenters. The Morgan fingerprint density at radius 1 is 1.50 bits per heavy atom. The highest BCUT2D eigenvalue weighted by Crippen LogP contribution is 2.23. The van der Waals surface area contributed by atoms with Crippen molar-refractivity contribution in [2.24, 2.45) is 0 Å². The van der Waals surface area contributed by atoms with E-state index in [1.54, 1.807) is 12.3 Å². The Morgan fingerprint density at radius 2 is 2.19 bits per heavy atom. The largest absolute Gasteiger partial charge is 0.378 e. The van der Waals surface area contributed by atoms with E-state index in [2.05, 4.69) is 9.88 Å². The average molecular weight is 335 g/mol. The van der Waals surface area contributed by atoms with Crippen LogP contribution in [0, 0.1) is 13.7 Å². The first-order valence-electron chi connectivity index (χ1n) is 4.81. The van der Waals surface area contributed by atoms with Gasteiger partial charge < -0.3 is 19.8 Å². The Balaban J connectivity index is 2.23. The lowest BCUT2D eigenvalue weighted by Gasteiger charge is -2.27. The SMILES string of the molecule is O=[N+]([O-])c1ncc(N2CCOCC2)cc1I. The van der Waals surface area contributed by atoms with Crippen molar-refractivity contribution in [3.8, 4) is 0 Å². The van der Waals surface area contributed by atoms with Gasteiger partial charge in [0.05, 0.1) is 18.9 Å². The summed E-state index contributed by atoms with van der Waals surface area (Å²) in [5, 5.41) is 10.6. The van der Waals surface area contributed by atoms with E-state index in [-0.39, 0.29) is 5.82 Å². The molecular formula is C9H10IN3O3. The summed E-state index contributed by atoms with van der Waals surface area (Å²) in [6.07, 6.45) is 1.55. The van der Waals surface area contributed by atoms with Crippen molar-refractivity contribution in [1.82, 2.24) is 4.98 Å². The Bertz CT molecular complexity index is 407. The zero-order valence-corrected chi connectivity index (χ0v) is 10.6. The second-order valence-electron chi connectivity index (χ2n) is 3.36. The Labute approximate surface area is 106 Å². The number of anilines is 1. The summed E-state index contributed by atoms with van der Waals surface area (Å²) in [5.74, 6) is -0.0855. The highest BCUT2D eigenvalue weighted by molar-refractivity contribution is 14.1. The summed E-state index contributed by atoms with van der Waals surface area (Å²) in [4.78, 5) is 16.1.